The number of methoxy groups -OCH3 is 1. The summed E-state index contributed by atoms with van der Waals surface area (Å²) in [6.45, 7) is 1.48. The van der Waals surface area contributed by atoms with E-state index in [1.165, 1.54) is 18.2 Å². The maximum atomic E-state index is 13.5. The van der Waals surface area contributed by atoms with Gasteiger partial charge in [-0.1, -0.05) is 18.2 Å². The largest absolute Gasteiger partial charge is 0.497 e. The first-order valence-corrected chi connectivity index (χ1v) is 9.80. The Kier molecular flexibility index (Phi) is 4.30. The normalized spacial score (nSPS) is 26.2. The molecule has 3 aliphatic rings. The second kappa shape index (κ2) is 6.89. The van der Waals surface area contributed by atoms with E-state index in [4.69, 9.17) is 4.74 Å². The molecule has 2 aromatic rings. The van der Waals surface area contributed by atoms with Crippen molar-refractivity contribution in [2.24, 2.45) is 5.92 Å². The van der Waals surface area contributed by atoms with Gasteiger partial charge in [-0.25, -0.2) is 14.9 Å². The van der Waals surface area contributed by atoms with E-state index in [1.807, 2.05) is 29.3 Å². The van der Waals surface area contributed by atoms with Gasteiger partial charge in [0.2, 0.25) is 5.91 Å². The summed E-state index contributed by atoms with van der Waals surface area (Å²) in [5.74, 6) is -0.488. The smallest absolute Gasteiger partial charge is 0.271 e. The van der Waals surface area contributed by atoms with Gasteiger partial charge in [-0.3, -0.25) is 19.7 Å². The first kappa shape index (κ1) is 18.7. The minimum atomic E-state index is -0.591. The van der Waals surface area contributed by atoms with Gasteiger partial charge in [0.1, 0.15) is 11.8 Å². The second-order valence-electron chi connectivity index (χ2n) is 7.66. The monoisotopic (exact) mass is 408 g/mol. The summed E-state index contributed by atoms with van der Waals surface area (Å²) < 4.78 is 5.24. The van der Waals surface area contributed by atoms with Crippen LogP contribution in [0.4, 0.5) is 11.4 Å². The molecule has 2 aromatic carbocycles. The quantitative estimate of drug-likeness (QED) is 0.434. The number of nitrogens with zero attached hydrogens (tertiary/aromatic N) is 4. The number of rotatable bonds is 4. The Morgan fingerprint density at radius 3 is 2.37 bits per heavy atom. The lowest BCUT2D eigenvalue weighted by Crippen LogP contribution is -2.44. The molecule has 9 nitrogen and oxygen atoms in total. The second-order valence-corrected chi connectivity index (χ2v) is 7.66. The van der Waals surface area contributed by atoms with Crippen molar-refractivity contribution in [1.82, 2.24) is 10.0 Å². The van der Waals surface area contributed by atoms with Crippen molar-refractivity contribution in [3.8, 4) is 5.75 Å². The third kappa shape index (κ3) is 2.62. The number of hydrogen-bond acceptors (Lipinski definition) is 7. The number of hydrogen-bond donors (Lipinski definition) is 0. The van der Waals surface area contributed by atoms with Gasteiger partial charge in [-0.2, -0.15) is 0 Å². The third-order valence-electron chi connectivity index (χ3n) is 6.16. The standard InChI is InChI=1S/C21H20N4O5/c1-30-16-8-6-13(7-9-16)18-17-19(23-11-3-10-22(18)23)21(27)24(20(17)26)14-4-2-5-15(12-14)25(28)29/h2,4-9,12,17-19H,3,10-11H2,1H3/t17-,18+,19+/m0/s1. The van der Waals surface area contributed by atoms with Crippen molar-refractivity contribution in [3.05, 3.63) is 64.2 Å². The average molecular weight is 408 g/mol. The van der Waals surface area contributed by atoms with Crippen LogP contribution in [0.5, 0.6) is 5.75 Å². The highest BCUT2D eigenvalue weighted by atomic mass is 16.6. The van der Waals surface area contributed by atoms with E-state index < -0.39 is 16.9 Å². The Morgan fingerprint density at radius 2 is 1.70 bits per heavy atom. The van der Waals surface area contributed by atoms with E-state index in [0.717, 1.165) is 29.2 Å². The van der Waals surface area contributed by atoms with Crippen LogP contribution < -0.4 is 9.64 Å². The van der Waals surface area contributed by atoms with Gasteiger partial charge in [0.25, 0.3) is 11.6 Å². The van der Waals surface area contributed by atoms with Gasteiger partial charge < -0.3 is 4.74 Å². The molecule has 3 aliphatic heterocycles. The fourth-order valence-corrected chi connectivity index (χ4v) is 4.91. The minimum absolute atomic E-state index is 0.153. The van der Waals surface area contributed by atoms with E-state index in [-0.39, 0.29) is 29.2 Å². The number of carbonyl (C=O) groups is 2. The van der Waals surface area contributed by atoms with Crippen LogP contribution in [-0.2, 0) is 9.59 Å². The Balaban J connectivity index is 1.55. The molecule has 3 heterocycles. The number of imide groups is 1. The van der Waals surface area contributed by atoms with Gasteiger partial charge in [-0.05, 0) is 30.2 Å². The zero-order valence-electron chi connectivity index (χ0n) is 16.3. The first-order chi connectivity index (χ1) is 14.5. The van der Waals surface area contributed by atoms with E-state index in [2.05, 4.69) is 5.01 Å². The molecule has 0 spiro atoms. The summed E-state index contributed by atoms with van der Waals surface area (Å²) in [6, 6.07) is 12.4. The predicted octanol–water partition coefficient (Wildman–Crippen LogP) is 2.14. The first-order valence-electron chi connectivity index (χ1n) is 9.80. The molecular formula is C21H20N4O5. The fourth-order valence-electron chi connectivity index (χ4n) is 4.91. The van der Waals surface area contributed by atoms with Crippen LogP contribution in [-0.4, -0.2) is 53.0 Å². The van der Waals surface area contributed by atoms with E-state index in [0.29, 0.717) is 6.54 Å². The van der Waals surface area contributed by atoms with Crippen molar-refractivity contribution in [3.63, 3.8) is 0 Å². The number of amides is 2. The van der Waals surface area contributed by atoms with Crippen LogP contribution in [0.25, 0.3) is 0 Å². The number of ether oxygens (including phenoxy) is 1. The molecule has 0 radical (unpaired) electrons. The van der Waals surface area contributed by atoms with E-state index in [9.17, 15) is 19.7 Å². The molecule has 2 amide bonds. The zero-order chi connectivity index (χ0) is 21.0. The number of carbonyl (C=O) groups excluding carboxylic acids is 2. The molecule has 0 bridgehead atoms. The summed E-state index contributed by atoms with van der Waals surface area (Å²) >= 11 is 0. The fraction of sp³-hybridized carbons (Fsp3) is 0.333. The van der Waals surface area contributed by atoms with Gasteiger partial charge in [0, 0.05) is 25.2 Å². The van der Waals surface area contributed by atoms with Crippen molar-refractivity contribution in [1.29, 1.82) is 0 Å². The number of nitro groups is 1. The molecule has 0 unspecified atom stereocenters. The van der Waals surface area contributed by atoms with Crippen molar-refractivity contribution >= 4 is 23.2 Å². The molecule has 0 aromatic heterocycles. The van der Waals surface area contributed by atoms with Crippen molar-refractivity contribution in [2.75, 3.05) is 25.1 Å². The molecule has 9 heteroatoms. The van der Waals surface area contributed by atoms with Crippen LogP contribution in [0.15, 0.2) is 48.5 Å². The van der Waals surface area contributed by atoms with Gasteiger partial charge >= 0.3 is 0 Å². The summed E-state index contributed by atoms with van der Waals surface area (Å²) in [5.41, 5.74) is 1.03. The molecule has 3 atom stereocenters. The van der Waals surface area contributed by atoms with Gasteiger partial charge in [0.05, 0.1) is 29.7 Å². The molecule has 3 saturated heterocycles. The number of fused-ring (bicyclic) bond motifs is 3. The molecular weight excluding hydrogens is 388 g/mol. The molecule has 154 valence electrons. The summed E-state index contributed by atoms with van der Waals surface area (Å²) in [5, 5.41) is 15.3. The van der Waals surface area contributed by atoms with E-state index >= 15 is 0 Å². The Hall–Kier alpha value is -3.30. The lowest BCUT2D eigenvalue weighted by atomic mass is 9.90. The molecule has 0 aliphatic carbocycles. The Labute approximate surface area is 172 Å². The van der Waals surface area contributed by atoms with E-state index in [1.54, 1.807) is 13.2 Å². The van der Waals surface area contributed by atoms with Gasteiger partial charge in [-0.15, -0.1) is 0 Å². The number of hydrazine groups is 1. The van der Waals surface area contributed by atoms with Crippen LogP contribution in [0.1, 0.15) is 18.0 Å². The molecule has 0 N–H and O–H groups in total. The lowest BCUT2D eigenvalue weighted by molar-refractivity contribution is -0.384. The molecule has 30 heavy (non-hydrogen) atoms. The summed E-state index contributed by atoms with van der Waals surface area (Å²) in [7, 11) is 1.60. The molecule has 3 fully saturated rings. The maximum absolute atomic E-state index is 13.5. The summed E-state index contributed by atoms with van der Waals surface area (Å²) in [4.78, 5) is 38.6. The third-order valence-corrected chi connectivity index (χ3v) is 6.16. The number of nitro benzene ring substituents is 1. The number of non-ortho nitro benzene ring substituents is 1. The summed E-state index contributed by atoms with van der Waals surface area (Å²) in [6.07, 6.45) is 0.911. The van der Waals surface area contributed by atoms with Crippen LogP contribution in [0.3, 0.4) is 0 Å². The molecule has 0 saturated carbocycles. The topological polar surface area (TPSA) is 96.2 Å². The van der Waals surface area contributed by atoms with Gasteiger partial charge in [0.15, 0.2) is 0 Å². The minimum Gasteiger partial charge on any atom is -0.497 e. The SMILES string of the molecule is COc1ccc([C@@H]2[C@@H]3C(=O)N(c4cccc([N+](=O)[O-])c4)C(=O)[C@@H]3N3CCCN23)cc1. The van der Waals surface area contributed by atoms with Crippen LogP contribution in [0.2, 0.25) is 0 Å². The van der Waals surface area contributed by atoms with Crippen LogP contribution >= 0.6 is 0 Å². The highest BCUT2D eigenvalue weighted by Crippen LogP contribution is 2.49. The number of anilines is 1. The highest BCUT2D eigenvalue weighted by Gasteiger charge is 2.62. The lowest BCUT2D eigenvalue weighted by Gasteiger charge is -2.29. The predicted molar refractivity (Wildman–Crippen MR) is 107 cm³/mol. The Morgan fingerprint density at radius 1 is 1.00 bits per heavy atom. The molecule has 5 rings (SSSR count). The van der Waals surface area contributed by atoms with Crippen LogP contribution in [0, 0.1) is 16.0 Å². The van der Waals surface area contributed by atoms with Crippen molar-refractivity contribution < 1.29 is 19.2 Å². The Bertz CT molecular complexity index is 1040. The number of benzene rings is 2. The zero-order valence-corrected chi connectivity index (χ0v) is 16.3. The maximum Gasteiger partial charge on any atom is 0.271 e. The highest BCUT2D eigenvalue weighted by molar-refractivity contribution is 6.24. The average Bonchev–Trinajstić information content (AvgIpc) is 3.40. The van der Waals surface area contributed by atoms with Crippen molar-refractivity contribution in [2.45, 2.75) is 18.5 Å².